The molecule has 0 atom stereocenters. The minimum Gasteiger partial charge on any atom is -0.339 e. The van der Waals surface area contributed by atoms with Gasteiger partial charge in [0.2, 0.25) is 0 Å². The third-order valence-electron chi connectivity index (χ3n) is 1.70. The first kappa shape index (κ1) is 10.6. The SMILES string of the molecule is N#CCNC(=O)c1ccc(CCl)cc1. The molecule has 0 aliphatic rings. The van der Waals surface area contributed by atoms with Crippen molar-refractivity contribution in [2.24, 2.45) is 0 Å². The van der Waals surface area contributed by atoms with Crippen LogP contribution in [-0.2, 0) is 5.88 Å². The number of nitrogens with zero attached hydrogens (tertiary/aromatic N) is 1. The van der Waals surface area contributed by atoms with Crippen LogP contribution in [0.3, 0.4) is 0 Å². The topological polar surface area (TPSA) is 52.9 Å². The van der Waals surface area contributed by atoms with Crippen LogP contribution in [0.5, 0.6) is 0 Å². The zero-order chi connectivity index (χ0) is 10.4. The fraction of sp³-hybridized carbons (Fsp3) is 0.200. The Balaban J connectivity index is 2.67. The highest BCUT2D eigenvalue weighted by Crippen LogP contribution is 2.06. The van der Waals surface area contributed by atoms with Gasteiger partial charge in [-0.05, 0) is 17.7 Å². The predicted octanol–water partition coefficient (Wildman–Crippen LogP) is 1.68. The van der Waals surface area contributed by atoms with E-state index < -0.39 is 0 Å². The monoisotopic (exact) mass is 208 g/mol. The van der Waals surface area contributed by atoms with E-state index in [1.54, 1.807) is 24.3 Å². The highest BCUT2D eigenvalue weighted by molar-refractivity contribution is 6.17. The second kappa shape index (κ2) is 5.25. The van der Waals surface area contributed by atoms with Gasteiger partial charge >= 0.3 is 0 Å². The molecule has 4 heteroatoms. The lowest BCUT2D eigenvalue weighted by Gasteiger charge is -2.01. The van der Waals surface area contributed by atoms with Crippen molar-refractivity contribution in [2.45, 2.75) is 5.88 Å². The first-order chi connectivity index (χ1) is 6.77. The van der Waals surface area contributed by atoms with Gasteiger partial charge in [0.15, 0.2) is 0 Å². The zero-order valence-electron chi connectivity index (χ0n) is 7.46. The van der Waals surface area contributed by atoms with Gasteiger partial charge in [-0.25, -0.2) is 0 Å². The number of hydrogen-bond donors (Lipinski definition) is 1. The molecular weight excluding hydrogens is 200 g/mol. The Morgan fingerprint density at radius 2 is 2.07 bits per heavy atom. The Bertz CT molecular complexity index is 353. The van der Waals surface area contributed by atoms with Gasteiger partial charge in [-0.15, -0.1) is 11.6 Å². The number of halogens is 1. The first-order valence-electron chi connectivity index (χ1n) is 4.08. The lowest BCUT2D eigenvalue weighted by atomic mass is 10.1. The number of carbonyl (C=O) groups excluding carboxylic acids is 1. The number of rotatable bonds is 3. The maximum Gasteiger partial charge on any atom is 0.252 e. The van der Waals surface area contributed by atoms with Gasteiger partial charge in [0.1, 0.15) is 6.54 Å². The Hall–Kier alpha value is -1.53. The van der Waals surface area contributed by atoms with E-state index in [2.05, 4.69) is 5.32 Å². The summed E-state index contributed by atoms with van der Waals surface area (Å²) in [4.78, 5) is 11.3. The molecule has 0 heterocycles. The number of benzene rings is 1. The van der Waals surface area contributed by atoms with E-state index >= 15 is 0 Å². The standard InChI is InChI=1S/C10H9ClN2O/c11-7-8-1-3-9(4-2-8)10(14)13-6-5-12/h1-4H,6-7H2,(H,13,14). The largest absolute Gasteiger partial charge is 0.339 e. The van der Waals surface area contributed by atoms with Gasteiger partial charge in [0.05, 0.1) is 6.07 Å². The van der Waals surface area contributed by atoms with Crippen LogP contribution < -0.4 is 5.32 Å². The van der Waals surface area contributed by atoms with Crippen LogP contribution in [-0.4, -0.2) is 12.5 Å². The van der Waals surface area contributed by atoms with Gasteiger partial charge in [-0.2, -0.15) is 5.26 Å². The van der Waals surface area contributed by atoms with E-state index in [4.69, 9.17) is 16.9 Å². The summed E-state index contributed by atoms with van der Waals surface area (Å²) >= 11 is 5.60. The minimum atomic E-state index is -0.243. The van der Waals surface area contributed by atoms with Crippen molar-refractivity contribution in [1.82, 2.24) is 5.32 Å². The van der Waals surface area contributed by atoms with Crippen molar-refractivity contribution < 1.29 is 4.79 Å². The molecule has 72 valence electrons. The van der Waals surface area contributed by atoms with Gasteiger partial charge < -0.3 is 5.32 Å². The van der Waals surface area contributed by atoms with Gasteiger partial charge in [-0.3, -0.25) is 4.79 Å². The molecule has 0 aliphatic heterocycles. The molecule has 1 N–H and O–H groups in total. The van der Waals surface area contributed by atoms with Gasteiger partial charge in [-0.1, -0.05) is 12.1 Å². The number of alkyl halides is 1. The fourth-order valence-electron chi connectivity index (χ4n) is 0.967. The summed E-state index contributed by atoms with van der Waals surface area (Å²) in [5.74, 6) is 0.188. The Kier molecular flexibility index (Phi) is 3.96. The minimum absolute atomic E-state index is 0.0239. The zero-order valence-corrected chi connectivity index (χ0v) is 8.21. The molecule has 0 fully saturated rings. The molecule has 3 nitrogen and oxygen atoms in total. The average Bonchev–Trinajstić information content (AvgIpc) is 2.26. The summed E-state index contributed by atoms with van der Waals surface area (Å²) in [7, 11) is 0. The molecule has 0 saturated heterocycles. The number of nitriles is 1. The maximum absolute atomic E-state index is 11.3. The molecule has 1 aromatic rings. The van der Waals surface area contributed by atoms with Crippen molar-refractivity contribution in [1.29, 1.82) is 5.26 Å². The number of carbonyl (C=O) groups is 1. The molecule has 0 aliphatic carbocycles. The number of amides is 1. The Morgan fingerprint density at radius 1 is 1.43 bits per heavy atom. The third kappa shape index (κ3) is 2.75. The summed E-state index contributed by atoms with van der Waals surface area (Å²) in [6.07, 6.45) is 0. The van der Waals surface area contributed by atoms with E-state index in [0.717, 1.165) is 5.56 Å². The average molecular weight is 209 g/mol. The third-order valence-corrected chi connectivity index (χ3v) is 2.01. The van der Waals surface area contributed by atoms with Crippen LogP contribution >= 0.6 is 11.6 Å². The molecule has 1 amide bonds. The van der Waals surface area contributed by atoms with E-state index in [0.29, 0.717) is 11.4 Å². The summed E-state index contributed by atoms with van der Waals surface area (Å²) in [6, 6.07) is 8.78. The maximum atomic E-state index is 11.3. The second-order valence-corrected chi connectivity index (χ2v) is 2.94. The van der Waals surface area contributed by atoms with E-state index in [9.17, 15) is 4.79 Å². The number of nitrogens with one attached hydrogen (secondary N) is 1. The van der Waals surface area contributed by atoms with Crippen LogP contribution in [0, 0.1) is 11.3 Å². The first-order valence-corrected chi connectivity index (χ1v) is 4.61. The van der Waals surface area contributed by atoms with E-state index in [1.807, 2.05) is 6.07 Å². The molecule has 0 aromatic heterocycles. The van der Waals surface area contributed by atoms with E-state index in [1.165, 1.54) is 0 Å². The lowest BCUT2D eigenvalue weighted by Crippen LogP contribution is -2.23. The predicted molar refractivity (Wildman–Crippen MR) is 53.9 cm³/mol. The smallest absolute Gasteiger partial charge is 0.252 e. The van der Waals surface area contributed by atoms with E-state index in [-0.39, 0.29) is 12.5 Å². The Morgan fingerprint density at radius 3 is 2.57 bits per heavy atom. The molecule has 0 radical (unpaired) electrons. The summed E-state index contributed by atoms with van der Waals surface area (Å²) in [5.41, 5.74) is 1.50. The highest BCUT2D eigenvalue weighted by atomic mass is 35.5. The van der Waals surface area contributed by atoms with Crippen LogP contribution in [0.2, 0.25) is 0 Å². The molecule has 1 aromatic carbocycles. The molecule has 0 unspecified atom stereocenters. The highest BCUT2D eigenvalue weighted by Gasteiger charge is 2.03. The normalized spacial score (nSPS) is 9.14. The van der Waals surface area contributed by atoms with Crippen molar-refractivity contribution in [3.63, 3.8) is 0 Å². The molecule has 1 rings (SSSR count). The van der Waals surface area contributed by atoms with Crippen LogP contribution in [0.4, 0.5) is 0 Å². The molecule has 0 saturated carbocycles. The summed E-state index contributed by atoms with van der Waals surface area (Å²) in [5, 5.41) is 10.7. The van der Waals surface area contributed by atoms with Crippen molar-refractivity contribution in [3.05, 3.63) is 35.4 Å². The van der Waals surface area contributed by atoms with Gasteiger partial charge in [0, 0.05) is 11.4 Å². The summed E-state index contributed by atoms with van der Waals surface area (Å²) < 4.78 is 0. The van der Waals surface area contributed by atoms with Crippen LogP contribution in [0.1, 0.15) is 15.9 Å². The van der Waals surface area contributed by atoms with Crippen molar-refractivity contribution >= 4 is 17.5 Å². The fourth-order valence-corrected chi connectivity index (χ4v) is 1.15. The number of hydrogen-bond acceptors (Lipinski definition) is 2. The molecule has 14 heavy (non-hydrogen) atoms. The second-order valence-electron chi connectivity index (χ2n) is 2.67. The van der Waals surface area contributed by atoms with Crippen LogP contribution in [0.15, 0.2) is 24.3 Å². The van der Waals surface area contributed by atoms with Crippen LogP contribution in [0.25, 0.3) is 0 Å². The lowest BCUT2D eigenvalue weighted by molar-refractivity contribution is 0.0958. The molecular formula is C10H9ClN2O. The quantitative estimate of drug-likeness (QED) is 0.607. The Labute approximate surface area is 87.3 Å². The van der Waals surface area contributed by atoms with Gasteiger partial charge in [0.25, 0.3) is 5.91 Å². The summed E-state index contributed by atoms with van der Waals surface area (Å²) in [6.45, 7) is 0.0239. The molecule has 0 spiro atoms. The molecule has 0 bridgehead atoms. The van der Waals surface area contributed by atoms with Crippen molar-refractivity contribution in [3.8, 4) is 6.07 Å². The van der Waals surface area contributed by atoms with Crippen molar-refractivity contribution in [2.75, 3.05) is 6.54 Å².